The molecule has 0 aliphatic carbocycles. The molecule has 0 atom stereocenters. The van der Waals surface area contributed by atoms with Crippen LogP contribution in [0.5, 0.6) is 0 Å². The average Bonchev–Trinajstić information content (AvgIpc) is 3.21. The second-order valence-corrected chi connectivity index (χ2v) is 8.55. The Labute approximate surface area is 170 Å². The number of halogens is 1. The van der Waals surface area contributed by atoms with Crippen LogP contribution in [0.4, 0.5) is 0 Å². The van der Waals surface area contributed by atoms with E-state index in [9.17, 15) is 18.0 Å². The summed E-state index contributed by atoms with van der Waals surface area (Å²) in [5, 5.41) is 0.0480. The summed E-state index contributed by atoms with van der Waals surface area (Å²) < 4.78 is 31.8. The predicted molar refractivity (Wildman–Crippen MR) is 107 cm³/mol. The number of esters is 1. The summed E-state index contributed by atoms with van der Waals surface area (Å²) in [4.78, 5) is 25.9. The van der Waals surface area contributed by atoms with Gasteiger partial charge in [0.2, 0.25) is 10.0 Å². The summed E-state index contributed by atoms with van der Waals surface area (Å²) in [6.07, 6.45) is 4.70. The molecule has 1 aromatic rings. The van der Waals surface area contributed by atoms with Crippen LogP contribution in [0.3, 0.4) is 0 Å². The van der Waals surface area contributed by atoms with Crippen molar-refractivity contribution < 1.29 is 22.7 Å². The van der Waals surface area contributed by atoms with E-state index < -0.39 is 28.5 Å². The highest BCUT2D eigenvalue weighted by Crippen LogP contribution is 2.25. The van der Waals surface area contributed by atoms with E-state index in [1.165, 1.54) is 27.4 Å². The summed E-state index contributed by atoms with van der Waals surface area (Å²) in [6.45, 7) is 8.10. The first kappa shape index (κ1) is 22.1. The number of nitrogens with zero attached hydrogens (tertiary/aromatic N) is 2. The number of sulfonamides is 1. The van der Waals surface area contributed by atoms with Gasteiger partial charge in [-0.05, 0) is 31.0 Å². The molecule has 0 N–H and O–H groups in total. The molecule has 0 radical (unpaired) electrons. The fourth-order valence-corrected chi connectivity index (χ4v) is 4.52. The monoisotopic (exact) mass is 426 g/mol. The molecule has 1 aliphatic heterocycles. The molecule has 1 aliphatic rings. The molecule has 7 nitrogen and oxygen atoms in total. The molecule has 152 valence electrons. The summed E-state index contributed by atoms with van der Waals surface area (Å²) in [5.74, 6) is -1.29. The number of benzene rings is 1. The molecule has 28 heavy (non-hydrogen) atoms. The van der Waals surface area contributed by atoms with Gasteiger partial charge < -0.3 is 9.64 Å². The molecular weight excluding hydrogens is 404 g/mol. The van der Waals surface area contributed by atoms with Crippen molar-refractivity contribution in [2.24, 2.45) is 0 Å². The lowest BCUT2D eigenvalue weighted by molar-refractivity contribution is -0.133. The van der Waals surface area contributed by atoms with Gasteiger partial charge in [0, 0.05) is 26.2 Å². The molecule has 1 heterocycles. The fraction of sp³-hybridized carbons (Fsp3) is 0.368. The van der Waals surface area contributed by atoms with Gasteiger partial charge in [0.1, 0.15) is 0 Å². The van der Waals surface area contributed by atoms with Crippen LogP contribution < -0.4 is 0 Å². The Morgan fingerprint density at radius 3 is 2.36 bits per heavy atom. The lowest BCUT2D eigenvalue weighted by atomic mass is 10.2. The maximum absolute atomic E-state index is 12.7. The first-order valence-electron chi connectivity index (χ1n) is 8.77. The van der Waals surface area contributed by atoms with Crippen molar-refractivity contribution in [2.75, 3.05) is 32.8 Å². The molecule has 0 bridgehead atoms. The van der Waals surface area contributed by atoms with Crippen LogP contribution in [0.2, 0.25) is 5.02 Å². The molecule has 1 amide bonds. The van der Waals surface area contributed by atoms with Crippen molar-refractivity contribution in [3.63, 3.8) is 0 Å². The molecule has 0 spiro atoms. The van der Waals surface area contributed by atoms with E-state index >= 15 is 0 Å². The first-order valence-corrected chi connectivity index (χ1v) is 10.6. The molecule has 9 heteroatoms. The fourth-order valence-electron chi connectivity index (χ4n) is 2.78. The zero-order valence-electron chi connectivity index (χ0n) is 15.5. The molecule has 1 saturated heterocycles. The number of hydrogen-bond acceptors (Lipinski definition) is 5. The molecule has 0 aromatic heterocycles. The van der Waals surface area contributed by atoms with Crippen LogP contribution >= 0.6 is 11.6 Å². The molecule has 2 rings (SSSR count). The predicted octanol–water partition coefficient (Wildman–Crippen LogP) is 2.48. The standard InChI is InChI=1S/C19H23ClN2O5S/c1-3-9-21(10-4-2)18(23)14-27-19(24)16-13-15(7-8-17(16)20)28(25,26)22-11-5-6-12-22/h3-4,7-8,13H,1-2,5-6,9-12,14H2. The van der Waals surface area contributed by atoms with Crippen molar-refractivity contribution in [3.05, 3.63) is 54.1 Å². The number of rotatable bonds is 9. The van der Waals surface area contributed by atoms with Crippen LogP contribution in [-0.4, -0.2) is 62.3 Å². The molecular formula is C19H23ClN2O5S. The normalized spacial score (nSPS) is 14.5. The van der Waals surface area contributed by atoms with Gasteiger partial charge in [0.05, 0.1) is 15.5 Å². The van der Waals surface area contributed by atoms with Crippen molar-refractivity contribution in [1.82, 2.24) is 9.21 Å². The maximum Gasteiger partial charge on any atom is 0.340 e. The number of carbonyl (C=O) groups is 2. The Morgan fingerprint density at radius 1 is 1.18 bits per heavy atom. The number of ether oxygens (including phenoxy) is 1. The van der Waals surface area contributed by atoms with Crippen LogP contribution in [0.25, 0.3) is 0 Å². The molecule has 0 saturated carbocycles. The van der Waals surface area contributed by atoms with E-state index in [-0.39, 0.29) is 28.6 Å². The highest BCUT2D eigenvalue weighted by Gasteiger charge is 2.28. The zero-order valence-corrected chi connectivity index (χ0v) is 17.0. The Kier molecular flexibility index (Phi) is 7.79. The van der Waals surface area contributed by atoms with E-state index in [1.54, 1.807) is 12.2 Å². The van der Waals surface area contributed by atoms with Crippen LogP contribution in [0, 0.1) is 0 Å². The number of amides is 1. The highest BCUT2D eigenvalue weighted by molar-refractivity contribution is 7.89. The van der Waals surface area contributed by atoms with Gasteiger partial charge in [-0.3, -0.25) is 4.79 Å². The second kappa shape index (κ2) is 9.86. The lowest BCUT2D eigenvalue weighted by Crippen LogP contribution is -2.35. The van der Waals surface area contributed by atoms with Crippen LogP contribution in [0.15, 0.2) is 48.4 Å². The summed E-state index contributed by atoms with van der Waals surface area (Å²) in [6, 6.07) is 3.88. The van der Waals surface area contributed by atoms with Crippen molar-refractivity contribution in [2.45, 2.75) is 17.7 Å². The van der Waals surface area contributed by atoms with Gasteiger partial charge in [-0.15, -0.1) is 13.2 Å². The quantitative estimate of drug-likeness (QED) is 0.447. The van der Waals surface area contributed by atoms with Gasteiger partial charge in [-0.1, -0.05) is 23.8 Å². The first-order chi connectivity index (χ1) is 13.3. The topological polar surface area (TPSA) is 84.0 Å². The van der Waals surface area contributed by atoms with E-state index in [2.05, 4.69) is 13.2 Å². The molecule has 1 aromatic carbocycles. The van der Waals surface area contributed by atoms with E-state index in [0.717, 1.165) is 12.8 Å². The lowest BCUT2D eigenvalue weighted by Gasteiger charge is -2.19. The SMILES string of the molecule is C=CCN(CC=C)C(=O)COC(=O)c1cc(S(=O)(=O)N2CCCC2)ccc1Cl. The zero-order chi connectivity index (χ0) is 20.7. The number of hydrogen-bond donors (Lipinski definition) is 0. The third-order valence-electron chi connectivity index (χ3n) is 4.24. The van der Waals surface area contributed by atoms with Crippen molar-refractivity contribution >= 4 is 33.5 Å². The van der Waals surface area contributed by atoms with Crippen LogP contribution in [-0.2, 0) is 19.6 Å². The maximum atomic E-state index is 12.7. The third-order valence-corrected chi connectivity index (χ3v) is 6.46. The van der Waals surface area contributed by atoms with Gasteiger partial charge in [-0.2, -0.15) is 4.31 Å². The summed E-state index contributed by atoms with van der Waals surface area (Å²) >= 11 is 6.05. The Hall–Kier alpha value is -2.16. The molecule has 0 unspecified atom stereocenters. The third kappa shape index (κ3) is 5.21. The van der Waals surface area contributed by atoms with Gasteiger partial charge in [-0.25, -0.2) is 13.2 Å². The number of carbonyl (C=O) groups excluding carboxylic acids is 2. The van der Waals surface area contributed by atoms with Gasteiger partial charge in [0.15, 0.2) is 6.61 Å². The highest BCUT2D eigenvalue weighted by atomic mass is 35.5. The minimum atomic E-state index is -3.70. The van der Waals surface area contributed by atoms with E-state index in [1.807, 2.05) is 0 Å². The summed E-state index contributed by atoms with van der Waals surface area (Å²) in [7, 11) is -3.70. The van der Waals surface area contributed by atoms with Gasteiger partial charge >= 0.3 is 5.97 Å². The minimum absolute atomic E-state index is 0.0305. The smallest absolute Gasteiger partial charge is 0.340 e. The second-order valence-electron chi connectivity index (χ2n) is 6.21. The minimum Gasteiger partial charge on any atom is -0.452 e. The largest absolute Gasteiger partial charge is 0.452 e. The Morgan fingerprint density at radius 2 is 1.79 bits per heavy atom. The Bertz CT molecular complexity index is 853. The molecule has 1 fully saturated rings. The summed E-state index contributed by atoms with van der Waals surface area (Å²) in [5.41, 5.74) is -0.103. The van der Waals surface area contributed by atoms with Crippen molar-refractivity contribution in [1.29, 1.82) is 0 Å². The van der Waals surface area contributed by atoms with E-state index in [4.69, 9.17) is 16.3 Å². The van der Waals surface area contributed by atoms with Crippen molar-refractivity contribution in [3.8, 4) is 0 Å². The average molecular weight is 427 g/mol. The van der Waals surface area contributed by atoms with Crippen LogP contribution in [0.1, 0.15) is 23.2 Å². The van der Waals surface area contributed by atoms with E-state index in [0.29, 0.717) is 13.1 Å². The van der Waals surface area contributed by atoms with Gasteiger partial charge in [0.25, 0.3) is 5.91 Å². The Balaban J connectivity index is 2.13.